The average molecular weight is 278 g/mol. The lowest BCUT2D eigenvalue weighted by Gasteiger charge is -2.19. The van der Waals surface area contributed by atoms with Crippen LogP contribution in [-0.4, -0.2) is 18.6 Å². The fraction of sp³-hybridized carbons (Fsp3) is 0.562. The van der Waals surface area contributed by atoms with Gasteiger partial charge in [0.05, 0.1) is 0 Å². The Kier molecular flexibility index (Phi) is 7.09. The number of benzene rings is 1. The first kappa shape index (κ1) is 16.5. The van der Waals surface area contributed by atoms with Crippen LogP contribution < -0.4 is 15.8 Å². The highest BCUT2D eigenvalue weighted by molar-refractivity contribution is 5.80. The van der Waals surface area contributed by atoms with Gasteiger partial charge in [-0.2, -0.15) is 0 Å². The van der Waals surface area contributed by atoms with Crippen LogP contribution in [0.25, 0.3) is 0 Å². The van der Waals surface area contributed by atoms with E-state index in [0.717, 1.165) is 24.8 Å². The van der Waals surface area contributed by atoms with Crippen molar-refractivity contribution in [3.63, 3.8) is 0 Å². The molecule has 0 aliphatic heterocycles. The van der Waals surface area contributed by atoms with Gasteiger partial charge in [-0.1, -0.05) is 38.5 Å². The van der Waals surface area contributed by atoms with Crippen molar-refractivity contribution >= 4 is 5.91 Å². The molecule has 0 aromatic heterocycles. The molecular weight excluding hydrogens is 252 g/mol. The minimum atomic E-state index is -0.517. The Morgan fingerprint density at radius 1 is 1.35 bits per heavy atom. The summed E-state index contributed by atoms with van der Waals surface area (Å²) in [6.07, 6.45) is 2.36. The first-order valence-corrected chi connectivity index (χ1v) is 7.39. The van der Waals surface area contributed by atoms with Crippen molar-refractivity contribution in [3.05, 3.63) is 29.8 Å². The van der Waals surface area contributed by atoms with Crippen LogP contribution in [0.2, 0.25) is 0 Å². The second-order valence-electron chi connectivity index (χ2n) is 4.96. The number of nitrogens with one attached hydrogen (secondary N) is 1. The number of para-hydroxylation sites is 1. The van der Waals surface area contributed by atoms with E-state index < -0.39 is 6.10 Å². The van der Waals surface area contributed by atoms with Gasteiger partial charge in [-0.3, -0.25) is 4.79 Å². The Morgan fingerprint density at radius 3 is 2.70 bits per heavy atom. The number of ether oxygens (including phenoxy) is 1. The molecular formula is C16H26N2O2. The predicted octanol–water partition coefficient (Wildman–Crippen LogP) is 2.78. The summed E-state index contributed by atoms with van der Waals surface area (Å²) < 4.78 is 5.77. The van der Waals surface area contributed by atoms with Gasteiger partial charge in [0.15, 0.2) is 6.10 Å². The average Bonchev–Trinajstić information content (AvgIpc) is 2.47. The highest BCUT2D eigenvalue weighted by atomic mass is 16.5. The normalized spacial score (nSPS) is 13.6. The van der Waals surface area contributed by atoms with Crippen molar-refractivity contribution in [2.45, 2.75) is 52.2 Å². The van der Waals surface area contributed by atoms with Crippen molar-refractivity contribution in [3.8, 4) is 5.75 Å². The monoisotopic (exact) mass is 278 g/mol. The molecule has 0 saturated carbocycles. The fourth-order valence-electron chi connectivity index (χ4n) is 1.89. The smallest absolute Gasteiger partial charge is 0.260 e. The van der Waals surface area contributed by atoms with Gasteiger partial charge in [0.2, 0.25) is 0 Å². The van der Waals surface area contributed by atoms with Crippen molar-refractivity contribution in [1.29, 1.82) is 0 Å². The molecule has 3 N–H and O–H groups in total. The zero-order valence-electron chi connectivity index (χ0n) is 12.7. The lowest BCUT2D eigenvalue weighted by Crippen LogP contribution is -2.37. The zero-order valence-corrected chi connectivity index (χ0v) is 12.7. The van der Waals surface area contributed by atoms with Gasteiger partial charge in [-0.25, -0.2) is 0 Å². The highest BCUT2D eigenvalue weighted by Gasteiger charge is 2.17. The number of nitrogens with two attached hydrogens (primary N) is 1. The minimum absolute atomic E-state index is 0.0680. The number of rotatable bonds is 8. The molecule has 2 atom stereocenters. The Bertz CT molecular complexity index is 421. The summed E-state index contributed by atoms with van der Waals surface area (Å²) in [4.78, 5) is 11.9. The maximum Gasteiger partial charge on any atom is 0.260 e. The summed E-state index contributed by atoms with van der Waals surface area (Å²) in [6, 6.07) is 7.57. The van der Waals surface area contributed by atoms with Gasteiger partial charge in [-0.15, -0.1) is 0 Å². The largest absolute Gasteiger partial charge is 0.481 e. The first-order chi connectivity index (χ1) is 9.60. The van der Waals surface area contributed by atoms with Crippen LogP contribution in [0.3, 0.4) is 0 Å². The SMILES string of the molecule is CCCCNC(=O)C(C)Oc1ccccc1C(N)CC. The molecule has 112 valence electrons. The van der Waals surface area contributed by atoms with Crippen molar-refractivity contribution in [2.75, 3.05) is 6.54 Å². The maximum absolute atomic E-state index is 11.9. The van der Waals surface area contributed by atoms with E-state index in [2.05, 4.69) is 12.2 Å². The third kappa shape index (κ3) is 4.85. The van der Waals surface area contributed by atoms with E-state index in [4.69, 9.17) is 10.5 Å². The summed E-state index contributed by atoms with van der Waals surface area (Å²) in [5.41, 5.74) is 7.01. The van der Waals surface area contributed by atoms with Crippen LogP contribution in [-0.2, 0) is 4.79 Å². The highest BCUT2D eigenvalue weighted by Crippen LogP contribution is 2.26. The standard InChI is InChI=1S/C16H26N2O2/c1-4-6-11-18-16(19)12(3)20-15-10-8-7-9-13(15)14(17)5-2/h7-10,12,14H,4-6,11,17H2,1-3H3,(H,18,19). The molecule has 2 unspecified atom stereocenters. The van der Waals surface area contributed by atoms with Crippen LogP contribution in [0.15, 0.2) is 24.3 Å². The van der Waals surface area contributed by atoms with E-state index in [0.29, 0.717) is 12.3 Å². The summed E-state index contributed by atoms with van der Waals surface area (Å²) >= 11 is 0. The van der Waals surface area contributed by atoms with Crippen molar-refractivity contribution < 1.29 is 9.53 Å². The molecule has 0 heterocycles. The van der Waals surface area contributed by atoms with E-state index >= 15 is 0 Å². The Morgan fingerprint density at radius 2 is 2.05 bits per heavy atom. The molecule has 1 aromatic rings. The molecule has 0 aliphatic rings. The third-order valence-corrected chi connectivity index (χ3v) is 3.26. The van der Waals surface area contributed by atoms with Gasteiger partial charge in [-0.05, 0) is 25.8 Å². The molecule has 20 heavy (non-hydrogen) atoms. The predicted molar refractivity (Wildman–Crippen MR) is 81.7 cm³/mol. The number of amides is 1. The molecule has 1 rings (SSSR count). The first-order valence-electron chi connectivity index (χ1n) is 7.39. The topological polar surface area (TPSA) is 64.3 Å². The Balaban J connectivity index is 2.65. The Hall–Kier alpha value is -1.55. The van der Waals surface area contributed by atoms with E-state index in [9.17, 15) is 4.79 Å². The summed E-state index contributed by atoms with van der Waals surface area (Å²) in [5, 5.41) is 2.87. The number of hydrogen-bond acceptors (Lipinski definition) is 3. The van der Waals surface area contributed by atoms with E-state index in [-0.39, 0.29) is 11.9 Å². The van der Waals surface area contributed by atoms with E-state index in [1.54, 1.807) is 6.92 Å². The van der Waals surface area contributed by atoms with Crippen LogP contribution in [0.1, 0.15) is 51.6 Å². The molecule has 0 fully saturated rings. The quantitative estimate of drug-likeness (QED) is 0.719. The molecule has 4 heteroatoms. The van der Waals surface area contributed by atoms with E-state index in [1.807, 2.05) is 31.2 Å². The lowest BCUT2D eigenvalue weighted by molar-refractivity contribution is -0.127. The van der Waals surface area contributed by atoms with Crippen LogP contribution in [0.4, 0.5) is 0 Å². The number of carbonyl (C=O) groups is 1. The van der Waals surface area contributed by atoms with Gasteiger partial charge < -0.3 is 15.8 Å². The minimum Gasteiger partial charge on any atom is -0.481 e. The summed E-state index contributed by atoms with van der Waals surface area (Å²) in [7, 11) is 0. The molecule has 0 bridgehead atoms. The van der Waals surface area contributed by atoms with Gasteiger partial charge in [0.1, 0.15) is 5.75 Å². The zero-order chi connectivity index (χ0) is 15.0. The molecule has 0 radical (unpaired) electrons. The second kappa shape index (κ2) is 8.59. The molecule has 0 aliphatic carbocycles. The van der Waals surface area contributed by atoms with Crippen LogP contribution in [0.5, 0.6) is 5.75 Å². The van der Waals surface area contributed by atoms with Crippen molar-refractivity contribution in [1.82, 2.24) is 5.32 Å². The third-order valence-electron chi connectivity index (χ3n) is 3.26. The van der Waals surface area contributed by atoms with Crippen molar-refractivity contribution in [2.24, 2.45) is 5.73 Å². The van der Waals surface area contributed by atoms with E-state index in [1.165, 1.54) is 0 Å². The summed E-state index contributed by atoms with van der Waals surface area (Å²) in [5.74, 6) is 0.610. The van der Waals surface area contributed by atoms with Crippen LogP contribution in [0, 0.1) is 0 Å². The molecule has 1 amide bonds. The van der Waals surface area contributed by atoms with Gasteiger partial charge >= 0.3 is 0 Å². The van der Waals surface area contributed by atoms with Gasteiger partial charge in [0, 0.05) is 18.2 Å². The number of unbranched alkanes of at least 4 members (excludes halogenated alkanes) is 1. The fourth-order valence-corrected chi connectivity index (χ4v) is 1.89. The molecule has 0 saturated heterocycles. The molecule has 4 nitrogen and oxygen atoms in total. The molecule has 0 spiro atoms. The molecule has 1 aromatic carbocycles. The van der Waals surface area contributed by atoms with Gasteiger partial charge in [0.25, 0.3) is 5.91 Å². The summed E-state index contributed by atoms with van der Waals surface area (Å²) in [6.45, 7) is 6.57. The maximum atomic E-state index is 11.9. The number of hydrogen-bond donors (Lipinski definition) is 2. The second-order valence-corrected chi connectivity index (χ2v) is 4.96. The number of carbonyl (C=O) groups excluding carboxylic acids is 1. The van der Waals surface area contributed by atoms with Crippen LogP contribution >= 0.6 is 0 Å². The Labute approximate surface area is 121 Å². The lowest BCUT2D eigenvalue weighted by atomic mass is 10.0.